The van der Waals surface area contributed by atoms with Crippen molar-refractivity contribution in [3.05, 3.63) is 28.8 Å². The van der Waals surface area contributed by atoms with Crippen molar-refractivity contribution in [3.63, 3.8) is 0 Å². The van der Waals surface area contributed by atoms with Gasteiger partial charge in [0.2, 0.25) is 17.7 Å². The summed E-state index contributed by atoms with van der Waals surface area (Å²) < 4.78 is 0. The minimum Gasteiger partial charge on any atom is -0.325 e. The number of nitrogens with one attached hydrogen (secondary N) is 3. The molecule has 0 saturated carbocycles. The molecule has 0 aliphatic carbocycles. The lowest BCUT2D eigenvalue weighted by molar-refractivity contribution is -0.134. The van der Waals surface area contributed by atoms with Crippen molar-refractivity contribution in [2.24, 2.45) is 0 Å². The van der Waals surface area contributed by atoms with Crippen LogP contribution in [0.1, 0.15) is 18.4 Å². The first kappa shape index (κ1) is 15.5. The van der Waals surface area contributed by atoms with Gasteiger partial charge in [-0.25, -0.2) is 0 Å². The predicted octanol–water partition coefficient (Wildman–Crippen LogP) is 0.982. The molecule has 3 N–H and O–H groups in total. The van der Waals surface area contributed by atoms with Crippen molar-refractivity contribution >= 4 is 35.0 Å². The zero-order valence-electron chi connectivity index (χ0n) is 11.5. The van der Waals surface area contributed by atoms with E-state index in [1.54, 1.807) is 12.1 Å². The monoisotopic (exact) mass is 309 g/mol. The molecule has 2 rings (SSSR count). The second kappa shape index (κ2) is 6.69. The minimum atomic E-state index is -0.520. The average molecular weight is 310 g/mol. The first-order chi connectivity index (χ1) is 9.95. The molecule has 1 fully saturated rings. The molecule has 1 aliphatic rings. The van der Waals surface area contributed by atoms with Crippen molar-refractivity contribution in [1.29, 1.82) is 0 Å². The van der Waals surface area contributed by atoms with Gasteiger partial charge in [0.25, 0.3) is 0 Å². The van der Waals surface area contributed by atoms with Crippen molar-refractivity contribution < 1.29 is 14.4 Å². The molecule has 1 atom stereocenters. The van der Waals surface area contributed by atoms with Crippen molar-refractivity contribution in [2.45, 2.75) is 25.8 Å². The fourth-order valence-corrected chi connectivity index (χ4v) is 2.20. The van der Waals surface area contributed by atoms with Crippen LogP contribution in [0.15, 0.2) is 18.2 Å². The molecule has 6 nitrogen and oxygen atoms in total. The van der Waals surface area contributed by atoms with Crippen LogP contribution in [-0.4, -0.2) is 30.3 Å². The Balaban J connectivity index is 1.86. The summed E-state index contributed by atoms with van der Waals surface area (Å²) in [5.41, 5.74) is 1.53. The van der Waals surface area contributed by atoms with Crippen molar-refractivity contribution in [2.75, 3.05) is 11.9 Å². The van der Waals surface area contributed by atoms with E-state index in [-0.39, 0.29) is 24.8 Å². The van der Waals surface area contributed by atoms with Gasteiger partial charge >= 0.3 is 0 Å². The number of carbonyl (C=O) groups excluding carboxylic acids is 3. The second-order valence-electron chi connectivity index (χ2n) is 4.89. The molecule has 112 valence electrons. The highest BCUT2D eigenvalue weighted by Gasteiger charge is 2.26. The molecule has 0 spiro atoms. The summed E-state index contributed by atoms with van der Waals surface area (Å²) in [6, 6.07) is 4.70. The number of imide groups is 1. The molecule has 1 saturated heterocycles. The first-order valence-corrected chi connectivity index (χ1v) is 6.96. The van der Waals surface area contributed by atoms with Gasteiger partial charge in [-0.3, -0.25) is 25.0 Å². The molecule has 1 heterocycles. The van der Waals surface area contributed by atoms with E-state index >= 15 is 0 Å². The molecule has 7 heteroatoms. The number of rotatable bonds is 4. The van der Waals surface area contributed by atoms with Gasteiger partial charge in [0.05, 0.1) is 12.6 Å². The normalized spacial score (nSPS) is 18.3. The zero-order chi connectivity index (χ0) is 15.4. The number of benzene rings is 1. The van der Waals surface area contributed by atoms with Gasteiger partial charge in [-0.05, 0) is 31.0 Å². The quantitative estimate of drug-likeness (QED) is 0.724. The van der Waals surface area contributed by atoms with Gasteiger partial charge in [-0.1, -0.05) is 17.7 Å². The fraction of sp³-hybridized carbons (Fsp3) is 0.357. The number of hydrogen-bond donors (Lipinski definition) is 3. The van der Waals surface area contributed by atoms with E-state index in [0.717, 1.165) is 5.56 Å². The lowest BCUT2D eigenvalue weighted by Crippen LogP contribution is -2.52. The van der Waals surface area contributed by atoms with Crippen LogP contribution in [0.4, 0.5) is 5.69 Å². The summed E-state index contributed by atoms with van der Waals surface area (Å²) in [5.74, 6) is -0.944. The van der Waals surface area contributed by atoms with Gasteiger partial charge in [-0.15, -0.1) is 0 Å². The fourth-order valence-electron chi connectivity index (χ4n) is 2.03. The van der Waals surface area contributed by atoms with Gasteiger partial charge < -0.3 is 5.32 Å². The number of halogens is 1. The molecular weight excluding hydrogens is 294 g/mol. The Labute approximate surface area is 127 Å². The summed E-state index contributed by atoms with van der Waals surface area (Å²) in [4.78, 5) is 34.4. The largest absolute Gasteiger partial charge is 0.325 e. The number of anilines is 1. The Bertz CT molecular complexity index is 589. The molecule has 1 aliphatic heterocycles. The topological polar surface area (TPSA) is 87.3 Å². The van der Waals surface area contributed by atoms with E-state index in [0.29, 0.717) is 17.1 Å². The predicted molar refractivity (Wildman–Crippen MR) is 79.0 cm³/mol. The van der Waals surface area contributed by atoms with Crippen LogP contribution in [0.2, 0.25) is 5.02 Å². The molecular formula is C14H16ClN3O3. The third-order valence-electron chi connectivity index (χ3n) is 3.22. The Hall–Kier alpha value is -1.92. The van der Waals surface area contributed by atoms with Gasteiger partial charge in [-0.2, -0.15) is 0 Å². The molecule has 1 aromatic rings. The standard InChI is InChI=1S/C14H16ClN3O3/c1-8-2-3-9(15)6-11(8)17-13(20)7-16-10-4-5-12(19)18-14(10)21/h2-3,6,10,16H,4-5,7H2,1H3,(H,17,20)(H,18,19,21). The van der Waals surface area contributed by atoms with Crippen LogP contribution in [0.5, 0.6) is 0 Å². The summed E-state index contributed by atoms with van der Waals surface area (Å²) >= 11 is 5.88. The molecule has 1 aromatic carbocycles. The Morgan fingerprint density at radius 3 is 2.90 bits per heavy atom. The average Bonchev–Trinajstić information content (AvgIpc) is 2.42. The van der Waals surface area contributed by atoms with E-state index in [9.17, 15) is 14.4 Å². The van der Waals surface area contributed by atoms with Crippen LogP contribution in [0, 0.1) is 6.92 Å². The van der Waals surface area contributed by atoms with Gasteiger partial charge in [0.1, 0.15) is 0 Å². The van der Waals surface area contributed by atoms with E-state index in [4.69, 9.17) is 11.6 Å². The number of aryl methyl sites for hydroxylation is 1. The second-order valence-corrected chi connectivity index (χ2v) is 5.33. The third kappa shape index (κ3) is 4.27. The Morgan fingerprint density at radius 2 is 2.19 bits per heavy atom. The maximum absolute atomic E-state index is 11.9. The first-order valence-electron chi connectivity index (χ1n) is 6.59. The van der Waals surface area contributed by atoms with E-state index in [1.165, 1.54) is 0 Å². The lowest BCUT2D eigenvalue weighted by atomic mass is 10.1. The van der Waals surface area contributed by atoms with Crippen LogP contribution in [0.25, 0.3) is 0 Å². The third-order valence-corrected chi connectivity index (χ3v) is 3.46. The van der Waals surface area contributed by atoms with E-state index in [2.05, 4.69) is 16.0 Å². The summed E-state index contributed by atoms with van der Waals surface area (Å²) in [6.45, 7) is 1.85. The maximum Gasteiger partial charge on any atom is 0.243 e. The molecule has 3 amide bonds. The zero-order valence-corrected chi connectivity index (χ0v) is 12.3. The summed E-state index contributed by atoms with van der Waals surface area (Å²) in [5, 5.41) is 8.33. The van der Waals surface area contributed by atoms with Crippen molar-refractivity contribution in [3.8, 4) is 0 Å². The highest BCUT2D eigenvalue weighted by molar-refractivity contribution is 6.31. The highest BCUT2D eigenvalue weighted by Crippen LogP contribution is 2.19. The van der Waals surface area contributed by atoms with E-state index < -0.39 is 11.9 Å². The summed E-state index contributed by atoms with van der Waals surface area (Å²) in [7, 11) is 0. The molecule has 1 unspecified atom stereocenters. The van der Waals surface area contributed by atoms with Crippen molar-refractivity contribution in [1.82, 2.24) is 10.6 Å². The minimum absolute atomic E-state index is 0.0156. The highest BCUT2D eigenvalue weighted by atomic mass is 35.5. The van der Waals surface area contributed by atoms with Crippen LogP contribution in [-0.2, 0) is 14.4 Å². The molecule has 0 aromatic heterocycles. The lowest BCUT2D eigenvalue weighted by Gasteiger charge is -2.21. The molecule has 0 bridgehead atoms. The Kier molecular flexibility index (Phi) is 4.93. The number of carbonyl (C=O) groups is 3. The number of hydrogen-bond acceptors (Lipinski definition) is 4. The smallest absolute Gasteiger partial charge is 0.243 e. The van der Waals surface area contributed by atoms with Gasteiger partial charge in [0.15, 0.2) is 0 Å². The van der Waals surface area contributed by atoms with Crippen LogP contribution < -0.4 is 16.0 Å². The van der Waals surface area contributed by atoms with E-state index in [1.807, 2.05) is 13.0 Å². The van der Waals surface area contributed by atoms with Crippen LogP contribution >= 0.6 is 11.6 Å². The maximum atomic E-state index is 11.9. The number of amides is 3. The van der Waals surface area contributed by atoms with Gasteiger partial charge in [0, 0.05) is 17.1 Å². The Morgan fingerprint density at radius 1 is 1.43 bits per heavy atom. The molecule has 0 radical (unpaired) electrons. The molecule has 21 heavy (non-hydrogen) atoms. The number of piperidine rings is 1. The SMILES string of the molecule is Cc1ccc(Cl)cc1NC(=O)CNC1CCC(=O)NC1=O. The van der Waals surface area contributed by atoms with Crippen LogP contribution in [0.3, 0.4) is 0 Å². The summed E-state index contributed by atoms with van der Waals surface area (Å²) in [6.07, 6.45) is 0.673.